The molecule has 4 nitrogen and oxygen atoms in total. The Morgan fingerprint density at radius 2 is 1.87 bits per heavy atom. The molecule has 0 atom stereocenters. The second kappa shape index (κ2) is 6.35. The SMILES string of the molecule is Cc1[nH]c2ccc(Cl)cc2c1CCNS(=O)(=O)c1ccccc1. The number of aromatic nitrogens is 1. The van der Waals surface area contributed by atoms with Gasteiger partial charge in [0.25, 0.3) is 0 Å². The maximum absolute atomic E-state index is 12.2. The molecule has 0 bridgehead atoms. The highest BCUT2D eigenvalue weighted by Crippen LogP contribution is 2.25. The minimum Gasteiger partial charge on any atom is -0.358 e. The molecule has 0 amide bonds. The van der Waals surface area contributed by atoms with Crippen LogP contribution in [-0.2, 0) is 16.4 Å². The van der Waals surface area contributed by atoms with Gasteiger partial charge in [-0.2, -0.15) is 0 Å². The Morgan fingerprint density at radius 3 is 2.61 bits per heavy atom. The summed E-state index contributed by atoms with van der Waals surface area (Å²) in [4.78, 5) is 3.57. The normalized spacial score (nSPS) is 11.9. The van der Waals surface area contributed by atoms with Crippen LogP contribution in [0.4, 0.5) is 0 Å². The Bertz CT molecular complexity index is 934. The van der Waals surface area contributed by atoms with E-state index in [-0.39, 0.29) is 4.90 Å². The third kappa shape index (κ3) is 3.42. The molecule has 3 rings (SSSR count). The van der Waals surface area contributed by atoms with Crippen LogP contribution in [0.15, 0.2) is 53.4 Å². The molecule has 2 aromatic carbocycles. The summed E-state index contributed by atoms with van der Waals surface area (Å²) < 4.78 is 27.1. The topological polar surface area (TPSA) is 62.0 Å². The Morgan fingerprint density at radius 1 is 1.13 bits per heavy atom. The van der Waals surface area contributed by atoms with Gasteiger partial charge in [0.2, 0.25) is 10.0 Å². The van der Waals surface area contributed by atoms with Crippen molar-refractivity contribution in [1.82, 2.24) is 9.71 Å². The number of halogens is 1. The first-order valence-corrected chi connectivity index (χ1v) is 9.15. The molecular weight excluding hydrogens is 332 g/mol. The third-order valence-electron chi connectivity index (χ3n) is 3.80. The van der Waals surface area contributed by atoms with E-state index in [1.165, 1.54) is 0 Å². The second-order valence-electron chi connectivity index (χ2n) is 5.38. The highest BCUT2D eigenvalue weighted by Gasteiger charge is 2.14. The molecule has 0 unspecified atom stereocenters. The molecule has 0 radical (unpaired) electrons. The molecule has 1 aromatic heterocycles. The number of aryl methyl sites for hydroxylation is 1. The summed E-state index contributed by atoms with van der Waals surface area (Å²) in [6.07, 6.45) is 0.595. The molecular formula is C17H17ClN2O2S. The predicted octanol–water partition coefficient (Wildman–Crippen LogP) is 3.65. The molecule has 1 heterocycles. The Hall–Kier alpha value is -1.82. The third-order valence-corrected chi connectivity index (χ3v) is 5.51. The number of sulfonamides is 1. The van der Waals surface area contributed by atoms with Crippen molar-refractivity contribution in [2.24, 2.45) is 0 Å². The minimum atomic E-state index is -3.47. The Kier molecular flexibility index (Phi) is 4.43. The highest BCUT2D eigenvalue weighted by molar-refractivity contribution is 7.89. The number of fused-ring (bicyclic) bond motifs is 1. The number of H-pyrrole nitrogens is 1. The first-order valence-electron chi connectivity index (χ1n) is 7.29. The van der Waals surface area contributed by atoms with Crippen molar-refractivity contribution in [3.05, 3.63) is 64.8 Å². The van der Waals surface area contributed by atoms with Gasteiger partial charge in [-0.3, -0.25) is 0 Å². The molecule has 23 heavy (non-hydrogen) atoms. The lowest BCUT2D eigenvalue weighted by atomic mass is 10.1. The monoisotopic (exact) mass is 348 g/mol. The maximum Gasteiger partial charge on any atom is 0.240 e. The zero-order chi connectivity index (χ0) is 16.4. The van der Waals surface area contributed by atoms with Gasteiger partial charge >= 0.3 is 0 Å². The zero-order valence-electron chi connectivity index (χ0n) is 12.6. The fourth-order valence-electron chi connectivity index (χ4n) is 2.67. The van der Waals surface area contributed by atoms with E-state index in [0.717, 1.165) is 22.2 Å². The number of nitrogens with one attached hydrogen (secondary N) is 2. The van der Waals surface area contributed by atoms with Gasteiger partial charge in [-0.05, 0) is 49.2 Å². The average Bonchev–Trinajstić information content (AvgIpc) is 2.84. The lowest BCUT2D eigenvalue weighted by molar-refractivity contribution is 0.581. The fraction of sp³-hybridized carbons (Fsp3) is 0.176. The molecule has 0 aliphatic heterocycles. The van der Waals surface area contributed by atoms with Crippen LogP contribution in [0.1, 0.15) is 11.3 Å². The van der Waals surface area contributed by atoms with Crippen molar-refractivity contribution in [3.63, 3.8) is 0 Å². The Balaban J connectivity index is 1.77. The van der Waals surface area contributed by atoms with Gasteiger partial charge in [-0.25, -0.2) is 13.1 Å². The molecule has 120 valence electrons. The molecule has 0 aliphatic rings. The lowest BCUT2D eigenvalue weighted by Gasteiger charge is -2.07. The van der Waals surface area contributed by atoms with Crippen LogP contribution < -0.4 is 4.72 Å². The number of benzene rings is 2. The van der Waals surface area contributed by atoms with Crippen LogP contribution in [-0.4, -0.2) is 19.9 Å². The molecule has 0 spiro atoms. The highest BCUT2D eigenvalue weighted by atomic mass is 35.5. The van der Waals surface area contributed by atoms with Crippen molar-refractivity contribution in [3.8, 4) is 0 Å². The van der Waals surface area contributed by atoms with Gasteiger partial charge in [0.1, 0.15) is 0 Å². The average molecular weight is 349 g/mol. The van der Waals surface area contributed by atoms with E-state index >= 15 is 0 Å². The van der Waals surface area contributed by atoms with Gasteiger partial charge < -0.3 is 4.98 Å². The summed E-state index contributed by atoms with van der Waals surface area (Å²) in [5, 5.41) is 1.71. The molecule has 2 N–H and O–H groups in total. The van der Waals surface area contributed by atoms with Gasteiger partial charge in [0, 0.05) is 28.2 Å². The maximum atomic E-state index is 12.2. The standard InChI is InChI=1S/C17H17ClN2O2S/c1-12-15(16-11-13(18)7-8-17(16)20-12)9-10-19-23(21,22)14-5-3-2-4-6-14/h2-8,11,19-20H,9-10H2,1H3. The first-order chi connectivity index (χ1) is 11.0. The van der Waals surface area contributed by atoms with Gasteiger partial charge in [0.05, 0.1) is 4.90 Å². The number of aromatic amines is 1. The fourth-order valence-corrected chi connectivity index (χ4v) is 3.90. The number of hydrogen-bond acceptors (Lipinski definition) is 2. The second-order valence-corrected chi connectivity index (χ2v) is 7.58. The predicted molar refractivity (Wildman–Crippen MR) is 93.4 cm³/mol. The molecule has 0 fully saturated rings. The molecule has 0 saturated heterocycles. The number of rotatable bonds is 5. The number of hydrogen-bond donors (Lipinski definition) is 2. The smallest absolute Gasteiger partial charge is 0.240 e. The van der Waals surface area contributed by atoms with Gasteiger partial charge in [-0.15, -0.1) is 0 Å². The molecule has 3 aromatic rings. The molecule has 0 saturated carbocycles. The summed E-state index contributed by atoms with van der Waals surface area (Å²) >= 11 is 6.06. The summed E-state index contributed by atoms with van der Waals surface area (Å²) in [5.74, 6) is 0. The zero-order valence-corrected chi connectivity index (χ0v) is 14.2. The van der Waals surface area contributed by atoms with E-state index in [1.807, 2.05) is 25.1 Å². The summed E-state index contributed by atoms with van der Waals surface area (Å²) in [6.45, 7) is 2.31. The van der Waals surface area contributed by atoms with E-state index in [4.69, 9.17) is 11.6 Å². The van der Waals surface area contributed by atoms with E-state index in [1.54, 1.807) is 30.3 Å². The van der Waals surface area contributed by atoms with Crippen LogP contribution >= 0.6 is 11.6 Å². The summed E-state index contributed by atoms with van der Waals surface area (Å²) in [7, 11) is -3.47. The summed E-state index contributed by atoms with van der Waals surface area (Å²) in [5.41, 5.74) is 3.12. The van der Waals surface area contributed by atoms with Crippen LogP contribution in [0.25, 0.3) is 10.9 Å². The van der Waals surface area contributed by atoms with Crippen molar-refractivity contribution >= 4 is 32.5 Å². The minimum absolute atomic E-state index is 0.277. The molecule has 6 heteroatoms. The first kappa shape index (κ1) is 16.1. The van der Waals surface area contributed by atoms with E-state index in [9.17, 15) is 8.42 Å². The van der Waals surface area contributed by atoms with Crippen molar-refractivity contribution < 1.29 is 8.42 Å². The van der Waals surface area contributed by atoms with Crippen LogP contribution in [0, 0.1) is 6.92 Å². The van der Waals surface area contributed by atoms with Crippen LogP contribution in [0.5, 0.6) is 0 Å². The van der Waals surface area contributed by atoms with Crippen molar-refractivity contribution in [1.29, 1.82) is 0 Å². The Labute approximate surface area is 140 Å². The van der Waals surface area contributed by atoms with Crippen molar-refractivity contribution in [2.75, 3.05) is 6.54 Å². The van der Waals surface area contributed by atoms with E-state index in [0.29, 0.717) is 18.0 Å². The van der Waals surface area contributed by atoms with Crippen LogP contribution in [0.3, 0.4) is 0 Å². The lowest BCUT2D eigenvalue weighted by Crippen LogP contribution is -2.26. The van der Waals surface area contributed by atoms with Gasteiger partial charge in [-0.1, -0.05) is 29.8 Å². The van der Waals surface area contributed by atoms with E-state index < -0.39 is 10.0 Å². The van der Waals surface area contributed by atoms with E-state index in [2.05, 4.69) is 9.71 Å². The summed E-state index contributed by atoms with van der Waals surface area (Å²) in [6, 6.07) is 14.0. The van der Waals surface area contributed by atoms with Crippen molar-refractivity contribution in [2.45, 2.75) is 18.2 Å². The molecule has 0 aliphatic carbocycles. The largest absolute Gasteiger partial charge is 0.358 e. The quantitative estimate of drug-likeness (QED) is 0.739. The van der Waals surface area contributed by atoms with Crippen LogP contribution in [0.2, 0.25) is 5.02 Å². The van der Waals surface area contributed by atoms with Gasteiger partial charge in [0.15, 0.2) is 0 Å².